The zero-order valence-corrected chi connectivity index (χ0v) is 16.8. The van der Waals surface area contributed by atoms with Crippen molar-refractivity contribution in [2.45, 2.75) is 18.7 Å². The van der Waals surface area contributed by atoms with Crippen molar-refractivity contribution in [3.05, 3.63) is 72.1 Å². The maximum atomic E-state index is 12.6. The number of carbonyl (C=O) groups excluding carboxylic acids is 1. The summed E-state index contributed by atoms with van der Waals surface area (Å²) in [6, 6.07) is 17.6. The quantitative estimate of drug-likeness (QED) is 0.692. The fraction of sp³-hybridized carbons (Fsp3) is 0.200. The molecule has 0 radical (unpaired) electrons. The van der Waals surface area contributed by atoms with Crippen molar-refractivity contribution in [3.63, 3.8) is 0 Å². The van der Waals surface area contributed by atoms with Crippen molar-refractivity contribution < 1.29 is 13.2 Å². The SMILES string of the molecule is Cc1nn(-c2ccccc2)c(C)c1NC(=O)CN(C)S(=O)(=O)c1ccccc1. The van der Waals surface area contributed by atoms with Gasteiger partial charge in [-0.15, -0.1) is 0 Å². The number of aryl methyl sites for hydroxylation is 1. The molecule has 0 saturated carbocycles. The lowest BCUT2D eigenvalue weighted by atomic mass is 10.3. The number of carbonyl (C=O) groups is 1. The van der Waals surface area contributed by atoms with E-state index in [0.717, 1.165) is 15.7 Å². The van der Waals surface area contributed by atoms with E-state index in [2.05, 4.69) is 10.4 Å². The number of hydrogen-bond acceptors (Lipinski definition) is 4. The molecule has 0 bridgehead atoms. The standard InChI is InChI=1S/C20H22N4O3S/c1-15-20(16(2)24(22-15)17-10-6-4-7-11-17)21-19(25)14-23(3)28(26,27)18-12-8-5-9-13-18/h4-13H,14H2,1-3H3,(H,21,25). The Balaban J connectivity index is 1.76. The summed E-state index contributed by atoms with van der Waals surface area (Å²) in [5.41, 5.74) is 2.89. The number of nitrogens with one attached hydrogen (secondary N) is 1. The maximum Gasteiger partial charge on any atom is 0.243 e. The Hall–Kier alpha value is -2.97. The predicted molar refractivity (Wildman–Crippen MR) is 108 cm³/mol. The molecule has 0 aliphatic carbocycles. The minimum atomic E-state index is -3.73. The third-order valence-electron chi connectivity index (χ3n) is 4.37. The van der Waals surface area contributed by atoms with E-state index in [9.17, 15) is 13.2 Å². The van der Waals surface area contributed by atoms with Crippen LogP contribution in [0.4, 0.5) is 5.69 Å². The summed E-state index contributed by atoms with van der Waals surface area (Å²) in [6.07, 6.45) is 0. The van der Waals surface area contributed by atoms with Gasteiger partial charge in [0.25, 0.3) is 0 Å². The summed E-state index contributed by atoms with van der Waals surface area (Å²) >= 11 is 0. The van der Waals surface area contributed by atoms with Crippen LogP contribution >= 0.6 is 0 Å². The van der Waals surface area contributed by atoms with Crippen LogP contribution in [-0.4, -0.2) is 42.0 Å². The van der Waals surface area contributed by atoms with Crippen LogP contribution < -0.4 is 5.32 Å². The van der Waals surface area contributed by atoms with Crippen molar-refractivity contribution in [2.75, 3.05) is 18.9 Å². The van der Waals surface area contributed by atoms with E-state index in [1.165, 1.54) is 19.2 Å². The van der Waals surface area contributed by atoms with Gasteiger partial charge >= 0.3 is 0 Å². The van der Waals surface area contributed by atoms with Crippen LogP contribution in [0.3, 0.4) is 0 Å². The van der Waals surface area contributed by atoms with E-state index in [1.807, 2.05) is 37.3 Å². The van der Waals surface area contributed by atoms with Crippen LogP contribution in [0.2, 0.25) is 0 Å². The highest BCUT2D eigenvalue weighted by Crippen LogP contribution is 2.23. The topological polar surface area (TPSA) is 84.3 Å². The van der Waals surface area contributed by atoms with E-state index in [-0.39, 0.29) is 11.4 Å². The number of anilines is 1. The van der Waals surface area contributed by atoms with Crippen LogP contribution in [0.5, 0.6) is 0 Å². The second-order valence-corrected chi connectivity index (χ2v) is 8.46. The molecular formula is C20H22N4O3S. The second kappa shape index (κ2) is 7.95. The van der Waals surface area contributed by atoms with Gasteiger partial charge in [0.15, 0.2) is 0 Å². The molecule has 3 aromatic rings. The van der Waals surface area contributed by atoms with Crippen LogP contribution in [0.15, 0.2) is 65.6 Å². The van der Waals surface area contributed by atoms with Crippen LogP contribution in [-0.2, 0) is 14.8 Å². The van der Waals surface area contributed by atoms with Gasteiger partial charge in [-0.25, -0.2) is 13.1 Å². The number of aromatic nitrogens is 2. The molecule has 1 amide bonds. The molecule has 8 heteroatoms. The van der Waals surface area contributed by atoms with Gasteiger partial charge in [0.1, 0.15) is 0 Å². The molecule has 0 atom stereocenters. The number of nitrogens with zero attached hydrogens (tertiary/aromatic N) is 3. The number of rotatable bonds is 6. The Morgan fingerprint density at radius 2 is 1.61 bits per heavy atom. The normalized spacial score (nSPS) is 11.6. The zero-order valence-electron chi connectivity index (χ0n) is 16.0. The summed E-state index contributed by atoms with van der Waals surface area (Å²) in [4.78, 5) is 12.6. The highest BCUT2D eigenvalue weighted by atomic mass is 32.2. The van der Waals surface area contributed by atoms with E-state index in [4.69, 9.17) is 0 Å². The van der Waals surface area contributed by atoms with Crippen LogP contribution in [0.25, 0.3) is 5.69 Å². The molecule has 0 fully saturated rings. The molecular weight excluding hydrogens is 376 g/mol. The molecule has 28 heavy (non-hydrogen) atoms. The molecule has 1 N–H and O–H groups in total. The smallest absolute Gasteiger partial charge is 0.243 e. The maximum absolute atomic E-state index is 12.6. The van der Waals surface area contributed by atoms with E-state index in [0.29, 0.717) is 11.4 Å². The molecule has 146 valence electrons. The third-order valence-corrected chi connectivity index (χ3v) is 6.19. The van der Waals surface area contributed by atoms with Gasteiger partial charge < -0.3 is 5.32 Å². The van der Waals surface area contributed by atoms with Crippen molar-refractivity contribution in [3.8, 4) is 5.69 Å². The lowest BCUT2D eigenvalue weighted by Crippen LogP contribution is -2.35. The molecule has 0 unspecified atom stereocenters. The fourth-order valence-corrected chi connectivity index (χ4v) is 4.03. The highest BCUT2D eigenvalue weighted by molar-refractivity contribution is 7.89. The molecule has 7 nitrogen and oxygen atoms in total. The van der Waals surface area contributed by atoms with Gasteiger partial charge in [-0.3, -0.25) is 4.79 Å². The summed E-state index contributed by atoms with van der Waals surface area (Å²) in [6.45, 7) is 3.35. The zero-order chi connectivity index (χ0) is 20.3. The molecule has 1 heterocycles. The monoisotopic (exact) mass is 398 g/mol. The first-order valence-corrected chi connectivity index (χ1v) is 10.2. The number of benzene rings is 2. The Morgan fingerprint density at radius 3 is 2.21 bits per heavy atom. The molecule has 2 aromatic carbocycles. The molecule has 0 spiro atoms. The number of para-hydroxylation sites is 1. The largest absolute Gasteiger partial charge is 0.322 e. The van der Waals surface area contributed by atoms with Crippen LogP contribution in [0.1, 0.15) is 11.4 Å². The van der Waals surface area contributed by atoms with Crippen molar-refractivity contribution in [2.24, 2.45) is 0 Å². The number of sulfonamides is 1. The minimum Gasteiger partial charge on any atom is -0.322 e. The molecule has 0 aliphatic rings. The van der Waals surface area contributed by atoms with E-state index >= 15 is 0 Å². The number of hydrogen-bond donors (Lipinski definition) is 1. The first-order chi connectivity index (χ1) is 13.3. The average Bonchev–Trinajstić information content (AvgIpc) is 2.97. The molecule has 3 rings (SSSR count). The molecule has 0 aliphatic heterocycles. The molecule has 1 aromatic heterocycles. The van der Waals surface area contributed by atoms with Crippen molar-refractivity contribution >= 4 is 21.6 Å². The van der Waals surface area contributed by atoms with Crippen molar-refractivity contribution in [1.82, 2.24) is 14.1 Å². The van der Waals surface area contributed by atoms with Gasteiger partial charge in [0, 0.05) is 7.05 Å². The summed E-state index contributed by atoms with van der Waals surface area (Å²) < 4.78 is 27.9. The van der Waals surface area contributed by atoms with Crippen molar-refractivity contribution in [1.29, 1.82) is 0 Å². The average molecular weight is 398 g/mol. The van der Waals surface area contributed by atoms with E-state index < -0.39 is 15.9 Å². The summed E-state index contributed by atoms with van der Waals surface area (Å²) in [5, 5.41) is 7.27. The third kappa shape index (κ3) is 3.97. The van der Waals surface area contributed by atoms with Gasteiger partial charge in [0.2, 0.25) is 15.9 Å². The molecule has 0 saturated heterocycles. The Morgan fingerprint density at radius 1 is 1.04 bits per heavy atom. The predicted octanol–water partition coefficient (Wildman–Crippen LogP) is 2.75. The van der Waals surface area contributed by atoms with Crippen LogP contribution in [0, 0.1) is 13.8 Å². The Labute approximate surface area is 164 Å². The summed E-state index contributed by atoms with van der Waals surface area (Å²) in [7, 11) is -2.35. The highest BCUT2D eigenvalue weighted by Gasteiger charge is 2.23. The van der Waals surface area contributed by atoms with E-state index in [1.54, 1.807) is 29.8 Å². The minimum absolute atomic E-state index is 0.148. The fourth-order valence-electron chi connectivity index (χ4n) is 2.88. The Kier molecular flexibility index (Phi) is 5.62. The van der Waals surface area contributed by atoms with Gasteiger partial charge in [-0.2, -0.15) is 9.40 Å². The van der Waals surface area contributed by atoms with Gasteiger partial charge in [-0.1, -0.05) is 36.4 Å². The summed E-state index contributed by atoms with van der Waals surface area (Å²) in [5.74, 6) is -0.430. The van der Waals surface area contributed by atoms with Gasteiger partial charge in [-0.05, 0) is 38.1 Å². The Bertz CT molecular complexity index is 1080. The lowest BCUT2D eigenvalue weighted by molar-refractivity contribution is -0.116. The number of amides is 1. The first kappa shape index (κ1) is 19.8. The first-order valence-electron chi connectivity index (χ1n) is 8.73. The second-order valence-electron chi connectivity index (χ2n) is 6.42. The van der Waals surface area contributed by atoms with Gasteiger partial charge in [0.05, 0.1) is 34.2 Å². The lowest BCUT2D eigenvalue weighted by Gasteiger charge is -2.17. The number of likely N-dealkylation sites (N-methyl/N-ethyl adjacent to an activating group) is 1.